The van der Waals surface area contributed by atoms with Gasteiger partial charge in [0.2, 0.25) is 5.41 Å². The molecule has 0 saturated carbocycles. The van der Waals surface area contributed by atoms with Gasteiger partial charge in [-0.2, -0.15) is 0 Å². The van der Waals surface area contributed by atoms with Gasteiger partial charge in [0.15, 0.2) is 0 Å². The summed E-state index contributed by atoms with van der Waals surface area (Å²) in [7, 11) is 4.28. The number of benzene rings is 1. The van der Waals surface area contributed by atoms with Crippen molar-refractivity contribution in [2.24, 2.45) is 11.3 Å². The first-order valence-corrected chi connectivity index (χ1v) is 8.20. The van der Waals surface area contributed by atoms with Gasteiger partial charge in [0.1, 0.15) is 5.92 Å². The minimum atomic E-state index is -2.43. The second kappa shape index (κ2) is 8.51. The monoisotopic (exact) mass is 388 g/mol. The van der Waals surface area contributed by atoms with Crippen LogP contribution in [0.2, 0.25) is 0 Å². The summed E-state index contributed by atoms with van der Waals surface area (Å²) in [6.45, 7) is 0. The van der Waals surface area contributed by atoms with E-state index in [4.69, 9.17) is 18.9 Å². The molecular formula is C20H20O8. The van der Waals surface area contributed by atoms with Gasteiger partial charge in [0.05, 0.1) is 34.0 Å². The van der Waals surface area contributed by atoms with E-state index >= 15 is 0 Å². The topological polar surface area (TPSA) is 105 Å². The third-order valence-electron chi connectivity index (χ3n) is 4.56. The van der Waals surface area contributed by atoms with Crippen molar-refractivity contribution < 1.29 is 38.1 Å². The minimum Gasteiger partial charge on any atom is -0.468 e. The van der Waals surface area contributed by atoms with Gasteiger partial charge in [-0.1, -0.05) is 36.4 Å². The van der Waals surface area contributed by atoms with Gasteiger partial charge in [0, 0.05) is 0 Å². The molecule has 1 aliphatic carbocycles. The van der Waals surface area contributed by atoms with E-state index in [-0.39, 0.29) is 11.1 Å². The van der Waals surface area contributed by atoms with Crippen LogP contribution in [0.4, 0.5) is 0 Å². The van der Waals surface area contributed by atoms with Gasteiger partial charge >= 0.3 is 23.9 Å². The molecule has 0 N–H and O–H groups in total. The van der Waals surface area contributed by atoms with Gasteiger partial charge in [-0.25, -0.2) is 4.79 Å². The van der Waals surface area contributed by atoms with Gasteiger partial charge in [-0.05, 0) is 17.2 Å². The highest BCUT2D eigenvalue weighted by molar-refractivity contribution is 6.18. The Labute approximate surface area is 161 Å². The lowest BCUT2D eigenvalue weighted by Crippen LogP contribution is -2.54. The number of esters is 4. The molecule has 0 amide bonds. The number of allylic oxidation sites excluding steroid dienone is 2. The third kappa shape index (κ3) is 3.17. The van der Waals surface area contributed by atoms with E-state index in [1.165, 1.54) is 12.2 Å². The summed E-state index contributed by atoms with van der Waals surface area (Å²) in [5, 5.41) is 0. The van der Waals surface area contributed by atoms with Crippen LogP contribution >= 0.6 is 0 Å². The normalized spacial score (nSPS) is 17.5. The Hall–Kier alpha value is -3.42. The third-order valence-corrected chi connectivity index (χ3v) is 4.56. The molecule has 1 aromatic rings. The second-order valence-corrected chi connectivity index (χ2v) is 5.81. The Morgan fingerprint density at radius 1 is 0.786 bits per heavy atom. The number of ether oxygens (including phenoxy) is 4. The van der Waals surface area contributed by atoms with Crippen LogP contribution in [0, 0.1) is 11.3 Å². The maximum atomic E-state index is 12.9. The van der Waals surface area contributed by atoms with Crippen LogP contribution < -0.4 is 0 Å². The molecule has 0 fully saturated rings. The molecule has 2 rings (SSSR count). The highest BCUT2D eigenvalue weighted by Gasteiger charge is 2.64. The van der Waals surface area contributed by atoms with E-state index in [9.17, 15) is 19.2 Å². The molecule has 0 heterocycles. The quantitative estimate of drug-likeness (QED) is 0.422. The molecule has 0 spiro atoms. The first-order chi connectivity index (χ1) is 13.4. The molecule has 8 heteroatoms. The number of carbonyl (C=O) groups excluding carboxylic acids is 4. The Morgan fingerprint density at radius 3 is 1.82 bits per heavy atom. The number of rotatable bonds is 5. The predicted octanol–water partition coefficient (Wildman–Crippen LogP) is 1.30. The molecular weight excluding hydrogens is 368 g/mol. The van der Waals surface area contributed by atoms with Crippen LogP contribution in [0.5, 0.6) is 0 Å². The van der Waals surface area contributed by atoms with Crippen molar-refractivity contribution >= 4 is 29.5 Å². The molecule has 0 bridgehead atoms. The number of hydrogen-bond donors (Lipinski definition) is 0. The lowest BCUT2D eigenvalue weighted by Gasteiger charge is -2.38. The van der Waals surface area contributed by atoms with Crippen LogP contribution in [-0.4, -0.2) is 52.3 Å². The molecule has 1 unspecified atom stereocenters. The summed E-state index contributed by atoms with van der Waals surface area (Å²) in [5.74, 6) is -5.71. The van der Waals surface area contributed by atoms with E-state index in [1.807, 2.05) is 0 Å². The molecule has 0 radical (unpaired) electrons. The van der Waals surface area contributed by atoms with Crippen LogP contribution in [-0.2, 0) is 38.1 Å². The Kier molecular flexibility index (Phi) is 6.35. The summed E-state index contributed by atoms with van der Waals surface area (Å²) in [6, 6.07) is 8.60. The summed E-state index contributed by atoms with van der Waals surface area (Å²) >= 11 is 0. The van der Waals surface area contributed by atoms with Crippen molar-refractivity contribution in [2.75, 3.05) is 28.4 Å². The number of hydrogen-bond acceptors (Lipinski definition) is 8. The fourth-order valence-corrected chi connectivity index (χ4v) is 3.30. The smallest absolute Gasteiger partial charge is 0.335 e. The molecule has 0 saturated heterocycles. The highest BCUT2D eigenvalue weighted by Crippen LogP contribution is 2.49. The standard InChI is InChI=1S/C20H20O8/c1-25-16(21)14-11-10-13(12-8-6-5-7-9-12)15(17(22)26-2)20(14,18(23)27-3)19(24)28-4/h5-11,15H,1-4H3. The van der Waals surface area contributed by atoms with Crippen LogP contribution in [0.25, 0.3) is 5.57 Å². The van der Waals surface area contributed by atoms with Crippen molar-refractivity contribution in [3.8, 4) is 0 Å². The largest absolute Gasteiger partial charge is 0.468 e. The van der Waals surface area contributed by atoms with E-state index < -0.39 is 35.2 Å². The fraction of sp³-hybridized carbons (Fsp3) is 0.300. The van der Waals surface area contributed by atoms with Crippen molar-refractivity contribution in [3.05, 3.63) is 53.6 Å². The molecule has 148 valence electrons. The van der Waals surface area contributed by atoms with Crippen molar-refractivity contribution in [1.82, 2.24) is 0 Å². The molecule has 0 aliphatic heterocycles. The van der Waals surface area contributed by atoms with Crippen molar-refractivity contribution in [2.45, 2.75) is 0 Å². The maximum Gasteiger partial charge on any atom is 0.335 e. The Balaban J connectivity index is 2.92. The Bertz CT molecular complexity index is 834. The maximum absolute atomic E-state index is 12.9. The van der Waals surface area contributed by atoms with Crippen LogP contribution in [0.1, 0.15) is 5.56 Å². The molecule has 8 nitrogen and oxygen atoms in total. The van der Waals surface area contributed by atoms with E-state index in [0.29, 0.717) is 5.56 Å². The van der Waals surface area contributed by atoms with Crippen LogP contribution in [0.3, 0.4) is 0 Å². The first kappa shape index (κ1) is 20.9. The van der Waals surface area contributed by atoms with Gasteiger partial charge in [0.25, 0.3) is 0 Å². The highest BCUT2D eigenvalue weighted by atomic mass is 16.6. The lowest BCUT2D eigenvalue weighted by atomic mass is 9.63. The second-order valence-electron chi connectivity index (χ2n) is 5.81. The van der Waals surface area contributed by atoms with Gasteiger partial charge < -0.3 is 18.9 Å². The molecule has 1 aromatic carbocycles. The average molecular weight is 388 g/mol. The van der Waals surface area contributed by atoms with Gasteiger partial charge in [-0.15, -0.1) is 0 Å². The van der Waals surface area contributed by atoms with E-state index in [0.717, 1.165) is 28.4 Å². The summed E-state index contributed by atoms with van der Waals surface area (Å²) in [5.41, 5.74) is -1.97. The van der Waals surface area contributed by atoms with Crippen molar-refractivity contribution in [1.29, 1.82) is 0 Å². The number of carbonyl (C=O) groups is 4. The number of methoxy groups -OCH3 is 4. The predicted molar refractivity (Wildman–Crippen MR) is 96.5 cm³/mol. The van der Waals surface area contributed by atoms with Gasteiger partial charge in [-0.3, -0.25) is 14.4 Å². The zero-order valence-electron chi connectivity index (χ0n) is 15.9. The molecule has 1 atom stereocenters. The zero-order chi connectivity index (χ0) is 20.9. The molecule has 28 heavy (non-hydrogen) atoms. The van der Waals surface area contributed by atoms with Crippen molar-refractivity contribution in [3.63, 3.8) is 0 Å². The fourth-order valence-electron chi connectivity index (χ4n) is 3.30. The summed E-state index contributed by atoms with van der Waals surface area (Å²) < 4.78 is 19.3. The van der Waals surface area contributed by atoms with E-state index in [1.54, 1.807) is 30.3 Å². The minimum absolute atomic E-state index is 0.288. The lowest BCUT2D eigenvalue weighted by molar-refractivity contribution is -0.176. The first-order valence-electron chi connectivity index (χ1n) is 8.20. The summed E-state index contributed by atoms with van der Waals surface area (Å²) in [6.07, 6.45) is 2.72. The average Bonchev–Trinajstić information content (AvgIpc) is 2.76. The van der Waals surface area contributed by atoms with E-state index in [2.05, 4.69) is 0 Å². The molecule has 1 aliphatic rings. The van der Waals surface area contributed by atoms with Crippen LogP contribution in [0.15, 0.2) is 48.1 Å². The SMILES string of the molecule is COC(=O)C1=CC=C(c2ccccc2)C(C(=O)OC)C1(C(=O)OC)C(=O)OC. The Morgan fingerprint density at radius 2 is 1.36 bits per heavy atom. The summed E-state index contributed by atoms with van der Waals surface area (Å²) in [4.78, 5) is 51.1. The molecule has 0 aromatic heterocycles. The zero-order valence-corrected chi connectivity index (χ0v) is 15.9.